The van der Waals surface area contributed by atoms with Gasteiger partial charge in [0, 0.05) is 16.5 Å². The van der Waals surface area contributed by atoms with Gasteiger partial charge in [0.1, 0.15) is 5.60 Å². The lowest BCUT2D eigenvalue weighted by atomic mass is 10.2. The first-order valence-electron chi connectivity index (χ1n) is 5.83. The van der Waals surface area contributed by atoms with E-state index < -0.39 is 17.3 Å². The minimum atomic E-state index is -0.689. The van der Waals surface area contributed by atoms with Gasteiger partial charge in [-0.1, -0.05) is 11.6 Å². The first-order chi connectivity index (χ1) is 8.78. The molecular weight excluding hydrogens is 266 g/mol. The average Bonchev–Trinajstić information content (AvgIpc) is 2.26. The number of carbonyl (C=O) groups excluding carboxylic acids is 1. The predicted octanol–water partition coefficient (Wildman–Crippen LogP) is 3.44. The highest BCUT2D eigenvalue weighted by molar-refractivity contribution is 6.31. The van der Waals surface area contributed by atoms with Gasteiger partial charge in [0.05, 0.1) is 5.52 Å². The van der Waals surface area contributed by atoms with Crippen molar-refractivity contribution in [1.29, 1.82) is 0 Å². The third-order valence-electron chi connectivity index (χ3n) is 2.43. The lowest BCUT2D eigenvalue weighted by Crippen LogP contribution is -2.33. The van der Waals surface area contributed by atoms with Crippen LogP contribution >= 0.6 is 11.6 Å². The highest BCUT2D eigenvalue weighted by Gasteiger charge is 2.20. The Morgan fingerprint density at radius 1 is 1.21 bits per heavy atom. The number of aromatic nitrogens is 1. The second-order valence-electron chi connectivity index (χ2n) is 5.19. The van der Waals surface area contributed by atoms with E-state index in [1.807, 2.05) is 0 Å². The summed E-state index contributed by atoms with van der Waals surface area (Å²) >= 11 is 5.89. The SMILES string of the molecule is CC(C)(C)OC(=O)n1c(=O)ccc2cc(Cl)ccc21. The Labute approximate surface area is 115 Å². The Morgan fingerprint density at radius 3 is 2.53 bits per heavy atom. The fraction of sp³-hybridized carbons (Fsp3) is 0.286. The van der Waals surface area contributed by atoms with Crippen LogP contribution in [0.3, 0.4) is 0 Å². The summed E-state index contributed by atoms with van der Waals surface area (Å²) in [5, 5.41) is 1.25. The fourth-order valence-corrected chi connectivity index (χ4v) is 1.89. The van der Waals surface area contributed by atoms with Crippen molar-refractivity contribution in [3.05, 3.63) is 45.7 Å². The Hall–Kier alpha value is -1.81. The zero-order valence-corrected chi connectivity index (χ0v) is 11.7. The van der Waals surface area contributed by atoms with Crippen LogP contribution in [0.5, 0.6) is 0 Å². The monoisotopic (exact) mass is 279 g/mol. The predicted molar refractivity (Wildman–Crippen MR) is 74.9 cm³/mol. The molecule has 2 rings (SSSR count). The summed E-state index contributed by atoms with van der Waals surface area (Å²) in [6, 6.07) is 7.90. The molecule has 0 spiro atoms. The standard InChI is InChI=1S/C14H14ClNO3/c1-14(2,3)19-13(18)16-11-6-5-10(15)8-9(11)4-7-12(16)17/h4-8H,1-3H3. The lowest BCUT2D eigenvalue weighted by molar-refractivity contribution is 0.0538. The summed E-state index contributed by atoms with van der Waals surface area (Å²) in [6.45, 7) is 5.24. The number of nitrogens with zero attached hydrogens (tertiary/aromatic N) is 1. The van der Waals surface area contributed by atoms with Crippen LogP contribution in [0.15, 0.2) is 35.1 Å². The Bertz CT molecular complexity index is 698. The van der Waals surface area contributed by atoms with Gasteiger partial charge in [-0.05, 0) is 45.0 Å². The quantitative estimate of drug-likeness (QED) is 0.742. The Kier molecular flexibility index (Phi) is 3.37. The van der Waals surface area contributed by atoms with E-state index in [1.54, 1.807) is 45.0 Å². The van der Waals surface area contributed by atoms with Gasteiger partial charge in [0.2, 0.25) is 0 Å². The second-order valence-corrected chi connectivity index (χ2v) is 5.63. The number of hydrogen-bond acceptors (Lipinski definition) is 3. The van der Waals surface area contributed by atoms with E-state index >= 15 is 0 Å². The third kappa shape index (κ3) is 2.96. The summed E-state index contributed by atoms with van der Waals surface area (Å²) in [4.78, 5) is 24.0. The summed E-state index contributed by atoms with van der Waals surface area (Å²) in [5.41, 5.74) is -0.610. The molecule has 0 radical (unpaired) electrons. The van der Waals surface area contributed by atoms with Gasteiger partial charge in [-0.2, -0.15) is 0 Å². The smallest absolute Gasteiger partial charge is 0.422 e. The molecule has 2 aromatic rings. The van der Waals surface area contributed by atoms with Crippen molar-refractivity contribution in [2.45, 2.75) is 26.4 Å². The van der Waals surface area contributed by atoms with Gasteiger partial charge < -0.3 is 4.74 Å². The van der Waals surface area contributed by atoms with Crippen LogP contribution in [0.2, 0.25) is 5.02 Å². The van der Waals surface area contributed by atoms with Crippen LogP contribution in [0.25, 0.3) is 10.9 Å². The number of halogens is 1. The van der Waals surface area contributed by atoms with Gasteiger partial charge >= 0.3 is 6.09 Å². The maximum atomic E-state index is 12.1. The summed E-state index contributed by atoms with van der Waals surface area (Å²) in [6.07, 6.45) is -0.689. The van der Waals surface area contributed by atoms with Crippen molar-refractivity contribution in [3.8, 4) is 0 Å². The number of fused-ring (bicyclic) bond motifs is 1. The van der Waals surface area contributed by atoms with Crippen LogP contribution in [0.1, 0.15) is 20.8 Å². The van der Waals surface area contributed by atoms with Gasteiger partial charge in [-0.3, -0.25) is 4.79 Å². The minimum Gasteiger partial charge on any atom is -0.443 e. The zero-order valence-electron chi connectivity index (χ0n) is 10.9. The summed E-state index contributed by atoms with van der Waals surface area (Å²) in [7, 11) is 0. The number of pyridine rings is 1. The molecule has 19 heavy (non-hydrogen) atoms. The molecule has 100 valence electrons. The van der Waals surface area contributed by atoms with Crippen LogP contribution in [0.4, 0.5) is 4.79 Å². The Morgan fingerprint density at radius 2 is 1.89 bits per heavy atom. The Balaban J connectivity index is 2.62. The van der Waals surface area contributed by atoms with Gasteiger partial charge in [0.25, 0.3) is 5.56 Å². The molecule has 0 aliphatic rings. The molecule has 1 aromatic heterocycles. The first kappa shape index (κ1) is 13.6. The molecule has 1 aromatic carbocycles. The molecule has 0 saturated carbocycles. The molecule has 0 saturated heterocycles. The molecule has 1 heterocycles. The van der Waals surface area contributed by atoms with Crippen molar-refractivity contribution < 1.29 is 9.53 Å². The van der Waals surface area contributed by atoms with Crippen LogP contribution < -0.4 is 5.56 Å². The highest BCUT2D eigenvalue weighted by atomic mass is 35.5. The van der Waals surface area contributed by atoms with Gasteiger partial charge in [-0.25, -0.2) is 9.36 Å². The molecule has 0 fully saturated rings. The van der Waals surface area contributed by atoms with E-state index in [4.69, 9.17) is 16.3 Å². The maximum absolute atomic E-state index is 12.1. The first-order valence-corrected chi connectivity index (χ1v) is 6.20. The maximum Gasteiger partial charge on any atom is 0.422 e. The molecule has 4 nitrogen and oxygen atoms in total. The summed E-state index contributed by atoms with van der Waals surface area (Å²) in [5.74, 6) is 0. The molecule has 0 N–H and O–H groups in total. The van der Waals surface area contributed by atoms with Crippen LogP contribution in [0, 0.1) is 0 Å². The van der Waals surface area contributed by atoms with E-state index in [0.717, 1.165) is 4.57 Å². The van der Waals surface area contributed by atoms with Crippen LogP contribution in [-0.4, -0.2) is 16.3 Å². The molecular formula is C14H14ClNO3. The lowest BCUT2D eigenvalue weighted by Gasteiger charge is -2.20. The number of rotatable bonds is 0. The topological polar surface area (TPSA) is 48.3 Å². The third-order valence-corrected chi connectivity index (χ3v) is 2.67. The molecule has 5 heteroatoms. The van der Waals surface area contributed by atoms with E-state index in [9.17, 15) is 9.59 Å². The van der Waals surface area contributed by atoms with Crippen molar-refractivity contribution in [3.63, 3.8) is 0 Å². The molecule has 0 atom stereocenters. The molecule has 0 unspecified atom stereocenters. The van der Waals surface area contributed by atoms with E-state index in [-0.39, 0.29) is 0 Å². The largest absolute Gasteiger partial charge is 0.443 e. The average molecular weight is 280 g/mol. The zero-order chi connectivity index (χ0) is 14.2. The normalized spacial score (nSPS) is 11.6. The van der Waals surface area contributed by atoms with Crippen molar-refractivity contribution in [1.82, 2.24) is 4.57 Å². The van der Waals surface area contributed by atoms with Crippen molar-refractivity contribution in [2.24, 2.45) is 0 Å². The highest BCUT2D eigenvalue weighted by Crippen LogP contribution is 2.19. The van der Waals surface area contributed by atoms with E-state index in [2.05, 4.69) is 0 Å². The number of benzene rings is 1. The van der Waals surface area contributed by atoms with Crippen molar-refractivity contribution >= 4 is 28.6 Å². The van der Waals surface area contributed by atoms with Crippen LogP contribution in [-0.2, 0) is 4.74 Å². The van der Waals surface area contributed by atoms with Gasteiger partial charge in [-0.15, -0.1) is 0 Å². The second kappa shape index (κ2) is 4.70. The van der Waals surface area contributed by atoms with E-state index in [0.29, 0.717) is 15.9 Å². The molecule has 0 aliphatic carbocycles. The van der Waals surface area contributed by atoms with Gasteiger partial charge in [0.15, 0.2) is 0 Å². The number of carbonyl (C=O) groups is 1. The molecule has 0 amide bonds. The minimum absolute atomic E-state index is 0.427. The molecule has 0 aliphatic heterocycles. The molecule has 0 bridgehead atoms. The fourth-order valence-electron chi connectivity index (χ4n) is 1.71. The summed E-state index contributed by atoms with van der Waals surface area (Å²) < 4.78 is 6.24. The number of ether oxygens (including phenoxy) is 1. The van der Waals surface area contributed by atoms with E-state index in [1.165, 1.54) is 6.07 Å². The van der Waals surface area contributed by atoms with Crippen molar-refractivity contribution in [2.75, 3.05) is 0 Å². The number of hydrogen-bond donors (Lipinski definition) is 0.